The second kappa shape index (κ2) is 8.17. The molecule has 1 atom stereocenters. The summed E-state index contributed by atoms with van der Waals surface area (Å²) in [5, 5.41) is 0. The number of cyclic esters (lactones) is 1. The molecule has 0 aromatic heterocycles. The lowest BCUT2D eigenvalue weighted by atomic mass is 9.87. The first kappa shape index (κ1) is 17.7. The van der Waals surface area contributed by atoms with Gasteiger partial charge in [-0.3, -0.25) is 14.4 Å². The van der Waals surface area contributed by atoms with E-state index >= 15 is 0 Å². The van der Waals surface area contributed by atoms with Gasteiger partial charge < -0.3 is 14.2 Å². The van der Waals surface area contributed by atoms with Gasteiger partial charge in [-0.1, -0.05) is 22.9 Å². The average molecular weight is 363 g/mol. The van der Waals surface area contributed by atoms with E-state index in [2.05, 4.69) is 15.9 Å². The van der Waals surface area contributed by atoms with Gasteiger partial charge >= 0.3 is 17.9 Å². The molecule has 0 aromatic rings. The fourth-order valence-corrected chi connectivity index (χ4v) is 2.48. The normalized spacial score (nSPS) is 20.2. The molecule has 6 nitrogen and oxygen atoms in total. The highest BCUT2D eigenvalue weighted by atomic mass is 79.9. The molecule has 0 N–H and O–H groups in total. The highest BCUT2D eigenvalue weighted by Gasteiger charge is 2.48. The zero-order valence-electron chi connectivity index (χ0n) is 12.3. The molecule has 1 aliphatic rings. The fraction of sp³-hybridized carbons (Fsp3) is 0.643. The van der Waals surface area contributed by atoms with Crippen LogP contribution in [0, 0.1) is 11.8 Å². The molecule has 0 radical (unpaired) electrons. The zero-order valence-corrected chi connectivity index (χ0v) is 13.9. The minimum atomic E-state index is -1.33. The highest BCUT2D eigenvalue weighted by molar-refractivity contribution is 9.11. The first-order chi connectivity index (χ1) is 9.97. The molecular formula is C14H19BrO6. The van der Waals surface area contributed by atoms with Gasteiger partial charge in [0.05, 0.1) is 13.2 Å². The lowest BCUT2D eigenvalue weighted by Crippen LogP contribution is -2.37. The second-order valence-corrected chi connectivity index (χ2v) is 5.31. The van der Waals surface area contributed by atoms with Gasteiger partial charge in [-0.25, -0.2) is 0 Å². The lowest BCUT2D eigenvalue weighted by Gasteiger charge is -2.19. The van der Waals surface area contributed by atoms with Gasteiger partial charge in [0.1, 0.15) is 12.5 Å². The van der Waals surface area contributed by atoms with Crippen molar-refractivity contribution in [1.82, 2.24) is 0 Å². The number of rotatable bonds is 6. The zero-order chi connectivity index (χ0) is 16.0. The summed E-state index contributed by atoms with van der Waals surface area (Å²) in [7, 11) is 0. The van der Waals surface area contributed by atoms with Crippen LogP contribution in [0.15, 0.2) is 10.1 Å². The van der Waals surface area contributed by atoms with E-state index in [1.165, 1.54) is 0 Å². The van der Waals surface area contributed by atoms with Crippen LogP contribution in [0.3, 0.4) is 0 Å². The van der Waals surface area contributed by atoms with Gasteiger partial charge in [0.15, 0.2) is 5.92 Å². The Morgan fingerprint density at radius 2 is 1.76 bits per heavy atom. The molecule has 1 heterocycles. The SMILES string of the molecule is CCOC(=O)C(C(=O)OCC)C1C(=O)OC/C1=C(/Br)CC. The standard InChI is InChI=1S/C14H19BrO6/c1-4-9(15)8-7-21-12(16)10(8)11(13(17)19-5-2)14(18)20-6-3/h10-11H,4-7H2,1-3H3/b9-8-. The second-order valence-electron chi connectivity index (χ2n) is 4.35. The van der Waals surface area contributed by atoms with Crippen LogP contribution in [0.25, 0.3) is 0 Å². The van der Waals surface area contributed by atoms with Crippen LogP contribution in [-0.2, 0) is 28.6 Å². The van der Waals surface area contributed by atoms with Crippen molar-refractivity contribution in [1.29, 1.82) is 0 Å². The summed E-state index contributed by atoms with van der Waals surface area (Å²) >= 11 is 3.36. The van der Waals surface area contributed by atoms with Gasteiger partial charge in [0.25, 0.3) is 0 Å². The van der Waals surface area contributed by atoms with Gasteiger partial charge in [-0.05, 0) is 30.3 Å². The van der Waals surface area contributed by atoms with E-state index < -0.39 is 29.7 Å². The maximum atomic E-state index is 12.1. The van der Waals surface area contributed by atoms with Gasteiger partial charge in [0.2, 0.25) is 0 Å². The van der Waals surface area contributed by atoms with E-state index in [-0.39, 0.29) is 19.8 Å². The number of ether oxygens (including phenoxy) is 3. The minimum Gasteiger partial charge on any atom is -0.465 e. The Morgan fingerprint density at radius 1 is 1.24 bits per heavy atom. The van der Waals surface area contributed by atoms with E-state index in [0.29, 0.717) is 12.0 Å². The van der Waals surface area contributed by atoms with E-state index in [4.69, 9.17) is 14.2 Å². The van der Waals surface area contributed by atoms with E-state index in [1.54, 1.807) is 13.8 Å². The van der Waals surface area contributed by atoms with Crippen molar-refractivity contribution in [2.24, 2.45) is 11.8 Å². The summed E-state index contributed by atoms with van der Waals surface area (Å²) in [6.45, 7) is 5.44. The molecule has 0 amide bonds. The predicted octanol–water partition coefficient (Wildman–Crippen LogP) is 1.96. The van der Waals surface area contributed by atoms with Crippen LogP contribution < -0.4 is 0 Å². The van der Waals surface area contributed by atoms with E-state index in [1.807, 2.05) is 6.92 Å². The molecule has 0 aliphatic carbocycles. The molecule has 1 rings (SSSR count). The third kappa shape index (κ3) is 4.06. The molecule has 1 aliphatic heterocycles. The molecule has 1 unspecified atom stereocenters. The number of hydrogen-bond acceptors (Lipinski definition) is 6. The first-order valence-corrected chi connectivity index (χ1v) is 7.64. The maximum Gasteiger partial charge on any atom is 0.321 e. The maximum absolute atomic E-state index is 12.1. The molecule has 21 heavy (non-hydrogen) atoms. The van der Waals surface area contributed by atoms with Gasteiger partial charge in [-0.2, -0.15) is 0 Å². The van der Waals surface area contributed by atoms with Crippen LogP contribution in [0.5, 0.6) is 0 Å². The molecule has 0 bridgehead atoms. The van der Waals surface area contributed by atoms with Crippen molar-refractivity contribution < 1.29 is 28.6 Å². The van der Waals surface area contributed by atoms with Crippen molar-refractivity contribution in [3.05, 3.63) is 10.1 Å². The van der Waals surface area contributed by atoms with Crippen molar-refractivity contribution >= 4 is 33.8 Å². The average Bonchev–Trinajstić information content (AvgIpc) is 2.81. The summed E-state index contributed by atoms with van der Waals surface area (Å²) in [6.07, 6.45) is 0.626. The van der Waals surface area contributed by atoms with Crippen LogP contribution >= 0.6 is 15.9 Å². The van der Waals surface area contributed by atoms with Crippen LogP contribution in [0.4, 0.5) is 0 Å². The van der Waals surface area contributed by atoms with Crippen molar-refractivity contribution in [3.63, 3.8) is 0 Å². The largest absolute Gasteiger partial charge is 0.465 e. The molecule has 1 saturated heterocycles. The molecule has 118 valence electrons. The first-order valence-electron chi connectivity index (χ1n) is 6.85. The van der Waals surface area contributed by atoms with Crippen molar-refractivity contribution in [2.75, 3.05) is 19.8 Å². The molecular weight excluding hydrogens is 344 g/mol. The van der Waals surface area contributed by atoms with E-state index in [0.717, 1.165) is 4.48 Å². The number of hydrogen-bond donors (Lipinski definition) is 0. The van der Waals surface area contributed by atoms with Crippen molar-refractivity contribution in [3.8, 4) is 0 Å². The molecule has 1 fully saturated rings. The third-order valence-electron chi connectivity index (χ3n) is 3.07. The Morgan fingerprint density at radius 3 is 2.19 bits per heavy atom. The van der Waals surface area contributed by atoms with Crippen LogP contribution in [0.2, 0.25) is 0 Å². The predicted molar refractivity (Wildman–Crippen MR) is 77.4 cm³/mol. The quantitative estimate of drug-likeness (QED) is 0.408. The number of halogens is 1. The number of carbonyl (C=O) groups is 3. The molecule has 0 saturated carbocycles. The Labute approximate surface area is 131 Å². The van der Waals surface area contributed by atoms with E-state index in [9.17, 15) is 14.4 Å². The van der Waals surface area contributed by atoms with Crippen molar-refractivity contribution in [2.45, 2.75) is 27.2 Å². The summed E-state index contributed by atoms with van der Waals surface area (Å²) in [4.78, 5) is 36.1. The minimum absolute atomic E-state index is 0.0627. The van der Waals surface area contributed by atoms with Crippen LogP contribution in [-0.4, -0.2) is 37.7 Å². The third-order valence-corrected chi connectivity index (χ3v) is 4.14. The smallest absolute Gasteiger partial charge is 0.321 e. The summed E-state index contributed by atoms with van der Waals surface area (Å²) in [5.41, 5.74) is 0.591. The summed E-state index contributed by atoms with van der Waals surface area (Å²) < 4.78 is 15.6. The number of allylic oxidation sites excluding steroid dienone is 1. The van der Waals surface area contributed by atoms with Gasteiger partial charge in [-0.15, -0.1) is 0 Å². The Balaban J connectivity index is 3.19. The molecule has 7 heteroatoms. The number of carbonyl (C=O) groups excluding carboxylic acids is 3. The van der Waals surface area contributed by atoms with Gasteiger partial charge in [0, 0.05) is 0 Å². The fourth-order valence-electron chi connectivity index (χ4n) is 2.11. The summed E-state index contributed by atoms with van der Waals surface area (Å²) in [5.74, 6) is -4.46. The lowest BCUT2D eigenvalue weighted by molar-refractivity contribution is -0.167. The number of esters is 3. The summed E-state index contributed by atoms with van der Waals surface area (Å²) in [6, 6.07) is 0. The van der Waals surface area contributed by atoms with Crippen LogP contribution in [0.1, 0.15) is 27.2 Å². The highest BCUT2D eigenvalue weighted by Crippen LogP contribution is 2.35. The topological polar surface area (TPSA) is 78.9 Å². The molecule has 0 spiro atoms. The molecule has 0 aromatic carbocycles. The Bertz CT molecular complexity index is 438. The Hall–Kier alpha value is -1.37. The monoisotopic (exact) mass is 362 g/mol. The Kier molecular flexibility index (Phi) is 6.87.